The molecule has 0 atom stereocenters. The minimum Gasteiger partial charge on any atom is -0.507 e. The molecular weight excluding hydrogens is 316 g/mol. The average molecular weight is 332 g/mol. The zero-order valence-corrected chi connectivity index (χ0v) is 13.2. The Kier molecular flexibility index (Phi) is 4.38. The van der Waals surface area contributed by atoms with Gasteiger partial charge >= 0.3 is 0 Å². The van der Waals surface area contributed by atoms with E-state index >= 15 is 0 Å². The van der Waals surface area contributed by atoms with E-state index in [0.717, 1.165) is 29.5 Å². The second-order valence-corrected chi connectivity index (χ2v) is 6.41. The second kappa shape index (κ2) is 6.45. The molecule has 3 rings (SSSR count). The topological polar surface area (TPSA) is 77.9 Å². The summed E-state index contributed by atoms with van der Waals surface area (Å²) in [5.41, 5.74) is 0.462. The fourth-order valence-electron chi connectivity index (χ4n) is 2.59. The van der Waals surface area contributed by atoms with Gasteiger partial charge in [-0.05, 0) is 36.7 Å². The Morgan fingerprint density at radius 1 is 1.22 bits per heavy atom. The number of rotatable bonds is 3. The number of phenolic OH excluding ortho intramolecular Hbond substituents is 1. The smallest absolute Gasteiger partial charge is 0.294 e. The molecule has 0 bridgehead atoms. The number of hydrogen-bond acceptors (Lipinski definition) is 5. The van der Waals surface area contributed by atoms with Gasteiger partial charge in [-0.15, -0.1) is 0 Å². The van der Waals surface area contributed by atoms with Gasteiger partial charge in [0.1, 0.15) is 12.3 Å². The number of amides is 3. The third kappa shape index (κ3) is 3.24. The van der Waals surface area contributed by atoms with Gasteiger partial charge in [0, 0.05) is 18.7 Å². The first-order chi connectivity index (χ1) is 11.1. The predicted octanol–water partition coefficient (Wildman–Crippen LogP) is 2.05. The monoisotopic (exact) mass is 332 g/mol. The molecule has 3 amide bonds. The van der Waals surface area contributed by atoms with Crippen molar-refractivity contribution in [3.8, 4) is 5.75 Å². The molecular formula is C16H16N2O4S. The molecule has 0 saturated carbocycles. The highest BCUT2D eigenvalue weighted by atomic mass is 32.2. The second-order valence-electron chi connectivity index (χ2n) is 5.41. The normalized spacial score (nSPS) is 19.9. The SMILES string of the molecule is O=C(CN1C(=O)S/C(=C\c2ccccc2O)C1=O)N1CCCC1. The quantitative estimate of drug-likeness (QED) is 0.857. The molecule has 2 heterocycles. The van der Waals surface area contributed by atoms with Crippen LogP contribution >= 0.6 is 11.8 Å². The van der Waals surface area contributed by atoms with Crippen molar-refractivity contribution in [3.63, 3.8) is 0 Å². The lowest BCUT2D eigenvalue weighted by atomic mass is 10.2. The summed E-state index contributed by atoms with van der Waals surface area (Å²) in [4.78, 5) is 39.3. The van der Waals surface area contributed by atoms with E-state index in [0.29, 0.717) is 18.7 Å². The summed E-state index contributed by atoms with van der Waals surface area (Å²) < 4.78 is 0. The zero-order chi connectivity index (χ0) is 16.4. The van der Waals surface area contributed by atoms with Crippen LogP contribution in [0.3, 0.4) is 0 Å². The molecule has 0 radical (unpaired) electrons. The van der Waals surface area contributed by atoms with Crippen molar-refractivity contribution in [2.24, 2.45) is 0 Å². The molecule has 0 unspecified atom stereocenters. The van der Waals surface area contributed by atoms with Crippen molar-refractivity contribution in [2.45, 2.75) is 12.8 Å². The van der Waals surface area contributed by atoms with Crippen molar-refractivity contribution < 1.29 is 19.5 Å². The molecule has 6 nitrogen and oxygen atoms in total. The number of nitrogens with zero attached hydrogens (tertiary/aromatic N) is 2. The van der Waals surface area contributed by atoms with Crippen molar-refractivity contribution in [2.75, 3.05) is 19.6 Å². The Morgan fingerprint density at radius 2 is 1.91 bits per heavy atom. The number of likely N-dealkylation sites (tertiary alicyclic amines) is 1. The van der Waals surface area contributed by atoms with E-state index in [2.05, 4.69) is 0 Å². The minimum absolute atomic E-state index is 0.0347. The van der Waals surface area contributed by atoms with Gasteiger partial charge in [0.2, 0.25) is 5.91 Å². The lowest BCUT2D eigenvalue weighted by molar-refractivity contribution is -0.135. The largest absolute Gasteiger partial charge is 0.507 e. The molecule has 2 saturated heterocycles. The van der Waals surface area contributed by atoms with Crippen LogP contribution in [0.5, 0.6) is 5.75 Å². The molecule has 2 fully saturated rings. The van der Waals surface area contributed by atoms with Crippen molar-refractivity contribution in [1.29, 1.82) is 0 Å². The Balaban J connectivity index is 1.75. The summed E-state index contributed by atoms with van der Waals surface area (Å²) in [6.45, 7) is 1.15. The van der Waals surface area contributed by atoms with Gasteiger partial charge in [-0.3, -0.25) is 19.3 Å². The summed E-state index contributed by atoms with van der Waals surface area (Å²) in [5, 5.41) is 9.30. The number of para-hydroxylation sites is 1. The van der Waals surface area contributed by atoms with Gasteiger partial charge in [0.25, 0.3) is 11.1 Å². The van der Waals surface area contributed by atoms with E-state index in [-0.39, 0.29) is 23.1 Å². The molecule has 7 heteroatoms. The van der Waals surface area contributed by atoms with Gasteiger partial charge in [-0.2, -0.15) is 0 Å². The molecule has 2 aliphatic rings. The Labute approximate surface area is 137 Å². The highest BCUT2D eigenvalue weighted by molar-refractivity contribution is 8.18. The number of aromatic hydroxyl groups is 1. The molecule has 120 valence electrons. The van der Waals surface area contributed by atoms with Crippen LogP contribution < -0.4 is 0 Å². The summed E-state index contributed by atoms with van der Waals surface area (Å²) in [7, 11) is 0. The molecule has 2 aliphatic heterocycles. The maximum absolute atomic E-state index is 12.3. The lowest BCUT2D eigenvalue weighted by Gasteiger charge is -2.18. The summed E-state index contributed by atoms with van der Waals surface area (Å²) in [5.74, 6) is -0.656. The van der Waals surface area contributed by atoms with E-state index in [4.69, 9.17) is 0 Å². The van der Waals surface area contributed by atoms with Crippen LogP contribution in [0.2, 0.25) is 0 Å². The Bertz CT molecular complexity index is 695. The number of thioether (sulfide) groups is 1. The number of hydrogen-bond donors (Lipinski definition) is 1. The van der Waals surface area contributed by atoms with Crippen molar-refractivity contribution >= 4 is 34.9 Å². The Hall–Kier alpha value is -2.28. The van der Waals surface area contributed by atoms with Crippen LogP contribution in [0.25, 0.3) is 6.08 Å². The van der Waals surface area contributed by atoms with Crippen LogP contribution in [0.15, 0.2) is 29.2 Å². The standard InChI is InChI=1S/C16H16N2O4S/c19-12-6-2-1-5-11(12)9-13-15(21)18(16(22)23-13)10-14(20)17-7-3-4-8-17/h1-2,5-6,9,19H,3-4,7-8,10H2/b13-9-. The highest BCUT2D eigenvalue weighted by Gasteiger charge is 2.37. The minimum atomic E-state index is -0.490. The first kappa shape index (κ1) is 15.6. The molecule has 1 aromatic rings. The molecule has 0 spiro atoms. The maximum atomic E-state index is 12.3. The maximum Gasteiger partial charge on any atom is 0.294 e. The van der Waals surface area contributed by atoms with E-state index in [1.54, 1.807) is 23.1 Å². The third-order valence-corrected chi connectivity index (χ3v) is 4.76. The first-order valence-corrected chi connectivity index (χ1v) is 8.19. The van der Waals surface area contributed by atoms with Crippen molar-refractivity contribution in [1.82, 2.24) is 9.80 Å². The molecule has 0 aliphatic carbocycles. The van der Waals surface area contributed by atoms with E-state index in [1.165, 1.54) is 12.1 Å². The van der Waals surface area contributed by atoms with Crippen LogP contribution in [-0.4, -0.2) is 51.6 Å². The van der Waals surface area contributed by atoms with Gasteiger partial charge in [0.15, 0.2) is 0 Å². The number of carbonyl (C=O) groups is 3. The first-order valence-electron chi connectivity index (χ1n) is 7.37. The highest BCUT2D eigenvalue weighted by Crippen LogP contribution is 2.33. The number of phenols is 1. The van der Waals surface area contributed by atoms with Gasteiger partial charge in [-0.25, -0.2) is 0 Å². The number of benzene rings is 1. The van der Waals surface area contributed by atoms with Crippen LogP contribution in [0, 0.1) is 0 Å². The number of carbonyl (C=O) groups excluding carboxylic acids is 3. The zero-order valence-electron chi connectivity index (χ0n) is 12.4. The van der Waals surface area contributed by atoms with Gasteiger partial charge in [0.05, 0.1) is 4.91 Å². The van der Waals surface area contributed by atoms with Crippen LogP contribution in [-0.2, 0) is 9.59 Å². The molecule has 23 heavy (non-hydrogen) atoms. The average Bonchev–Trinajstić information content (AvgIpc) is 3.14. The van der Waals surface area contributed by atoms with Crippen LogP contribution in [0.4, 0.5) is 4.79 Å². The molecule has 1 aromatic carbocycles. The fraction of sp³-hybridized carbons (Fsp3) is 0.312. The fourth-order valence-corrected chi connectivity index (χ4v) is 3.42. The van der Waals surface area contributed by atoms with E-state index < -0.39 is 11.1 Å². The Morgan fingerprint density at radius 3 is 2.61 bits per heavy atom. The van der Waals surface area contributed by atoms with E-state index in [1.807, 2.05) is 0 Å². The summed E-state index contributed by atoms with van der Waals surface area (Å²) >= 11 is 0.787. The van der Waals surface area contributed by atoms with E-state index in [9.17, 15) is 19.5 Å². The summed E-state index contributed by atoms with van der Waals surface area (Å²) in [6.07, 6.45) is 3.39. The number of imide groups is 1. The van der Waals surface area contributed by atoms with Gasteiger partial charge in [-0.1, -0.05) is 18.2 Å². The third-order valence-electron chi connectivity index (χ3n) is 3.85. The lowest BCUT2D eigenvalue weighted by Crippen LogP contribution is -2.40. The molecule has 0 aromatic heterocycles. The van der Waals surface area contributed by atoms with Gasteiger partial charge < -0.3 is 10.0 Å². The summed E-state index contributed by atoms with van der Waals surface area (Å²) in [6, 6.07) is 6.56. The van der Waals surface area contributed by atoms with Crippen LogP contribution in [0.1, 0.15) is 18.4 Å². The van der Waals surface area contributed by atoms with Crippen molar-refractivity contribution in [3.05, 3.63) is 34.7 Å². The predicted molar refractivity (Wildman–Crippen MR) is 86.6 cm³/mol. The molecule has 1 N–H and O–H groups in total.